The fourth-order valence-electron chi connectivity index (χ4n) is 3.22. The van der Waals surface area contributed by atoms with Crippen LogP contribution in [0.25, 0.3) is 6.08 Å². The summed E-state index contributed by atoms with van der Waals surface area (Å²) in [5.41, 5.74) is 1.52. The van der Waals surface area contributed by atoms with Crippen LogP contribution in [-0.4, -0.2) is 41.3 Å². The minimum atomic E-state index is -0.357. The molecule has 0 unspecified atom stereocenters. The molecule has 0 spiro atoms. The number of nitrogens with zero attached hydrogens (tertiary/aromatic N) is 2. The molecule has 0 N–H and O–H groups in total. The maximum absolute atomic E-state index is 12.9. The van der Waals surface area contributed by atoms with Crippen LogP contribution in [0.4, 0.5) is 4.79 Å². The number of thioether (sulfide) groups is 1. The molecule has 0 aliphatic carbocycles. The van der Waals surface area contributed by atoms with E-state index in [4.69, 9.17) is 25.8 Å². The molecule has 2 amide bonds. The average Bonchev–Trinajstić information content (AvgIpc) is 3.12. The second-order valence-corrected chi connectivity index (χ2v) is 9.87. The van der Waals surface area contributed by atoms with Crippen LogP contribution in [0.5, 0.6) is 17.2 Å². The highest BCUT2D eigenvalue weighted by molar-refractivity contribution is 14.1. The summed E-state index contributed by atoms with van der Waals surface area (Å²) in [4.78, 5) is 31.1. The molecule has 7 nitrogen and oxygen atoms in total. The van der Waals surface area contributed by atoms with E-state index >= 15 is 0 Å². The molecule has 180 valence electrons. The number of amides is 2. The second-order valence-electron chi connectivity index (χ2n) is 7.28. The van der Waals surface area contributed by atoms with Crippen molar-refractivity contribution in [2.75, 3.05) is 20.3 Å². The topological polar surface area (TPSA) is 78.0 Å². The molecule has 0 bridgehead atoms. The molecule has 1 aliphatic rings. The lowest BCUT2D eigenvalue weighted by molar-refractivity contribution is -0.123. The van der Waals surface area contributed by atoms with Crippen LogP contribution in [0, 0.1) is 3.57 Å². The van der Waals surface area contributed by atoms with E-state index in [2.05, 4.69) is 27.6 Å². The van der Waals surface area contributed by atoms with Crippen molar-refractivity contribution in [2.24, 2.45) is 0 Å². The van der Waals surface area contributed by atoms with E-state index in [1.807, 2.05) is 24.3 Å². The SMILES string of the molecule is COc1cc(/C=C2\SC(=O)N(CCOc3ccc(Cl)cc3)C2=O)cc(I)c1OCc1ccccn1. The highest BCUT2D eigenvalue weighted by atomic mass is 127. The summed E-state index contributed by atoms with van der Waals surface area (Å²) in [6, 6.07) is 16.1. The molecular weight excluding hydrogens is 603 g/mol. The molecule has 0 radical (unpaired) electrons. The third-order valence-corrected chi connectivity index (χ3v) is 6.87. The predicted molar refractivity (Wildman–Crippen MR) is 144 cm³/mol. The summed E-state index contributed by atoms with van der Waals surface area (Å²) < 4.78 is 17.9. The van der Waals surface area contributed by atoms with Gasteiger partial charge in [0, 0.05) is 11.2 Å². The highest BCUT2D eigenvalue weighted by Crippen LogP contribution is 2.37. The van der Waals surface area contributed by atoms with Gasteiger partial charge in [0.1, 0.15) is 19.0 Å². The maximum atomic E-state index is 12.9. The second kappa shape index (κ2) is 11.8. The molecule has 2 aromatic carbocycles. The Balaban J connectivity index is 1.43. The number of hydrogen-bond acceptors (Lipinski definition) is 7. The summed E-state index contributed by atoms with van der Waals surface area (Å²) in [7, 11) is 1.55. The lowest BCUT2D eigenvalue weighted by Gasteiger charge is -2.14. The van der Waals surface area contributed by atoms with Gasteiger partial charge in [-0.3, -0.25) is 19.5 Å². The molecule has 2 heterocycles. The summed E-state index contributed by atoms with van der Waals surface area (Å²) in [5, 5.41) is 0.269. The van der Waals surface area contributed by atoms with Crippen LogP contribution in [-0.2, 0) is 11.4 Å². The Hall–Kier alpha value is -2.76. The quantitative estimate of drug-likeness (QED) is 0.213. The Bertz CT molecular complexity index is 1250. The molecule has 1 saturated heterocycles. The first-order chi connectivity index (χ1) is 16.9. The van der Waals surface area contributed by atoms with Crippen molar-refractivity contribution in [1.82, 2.24) is 9.88 Å². The Kier molecular flexibility index (Phi) is 8.53. The fourth-order valence-corrected chi connectivity index (χ4v) is 4.99. The van der Waals surface area contributed by atoms with Gasteiger partial charge in [-0.05, 0) is 94.5 Å². The molecule has 0 atom stereocenters. The number of ether oxygens (including phenoxy) is 3. The van der Waals surface area contributed by atoms with E-state index in [9.17, 15) is 9.59 Å². The lowest BCUT2D eigenvalue weighted by Crippen LogP contribution is -2.32. The van der Waals surface area contributed by atoms with Gasteiger partial charge in [-0.15, -0.1) is 0 Å². The van der Waals surface area contributed by atoms with Gasteiger partial charge in [-0.1, -0.05) is 17.7 Å². The van der Waals surface area contributed by atoms with Gasteiger partial charge < -0.3 is 14.2 Å². The van der Waals surface area contributed by atoms with E-state index in [0.717, 1.165) is 26.6 Å². The van der Waals surface area contributed by atoms with Crippen molar-refractivity contribution < 1.29 is 23.8 Å². The Morgan fingerprint density at radius 1 is 1.11 bits per heavy atom. The van der Waals surface area contributed by atoms with Gasteiger partial charge in [0.15, 0.2) is 11.5 Å². The molecule has 4 rings (SSSR count). The van der Waals surface area contributed by atoms with Crippen LogP contribution >= 0.6 is 46.0 Å². The zero-order valence-electron chi connectivity index (χ0n) is 18.6. The van der Waals surface area contributed by atoms with E-state index in [0.29, 0.717) is 33.8 Å². The third kappa shape index (κ3) is 6.47. The Labute approximate surface area is 225 Å². The number of carbonyl (C=O) groups excluding carboxylic acids is 2. The monoisotopic (exact) mass is 622 g/mol. The number of halogens is 2. The number of rotatable bonds is 9. The number of hydrogen-bond donors (Lipinski definition) is 0. The molecule has 1 aromatic heterocycles. The van der Waals surface area contributed by atoms with Crippen LogP contribution in [0.15, 0.2) is 65.7 Å². The zero-order chi connectivity index (χ0) is 24.8. The number of benzene rings is 2. The number of pyridine rings is 1. The van der Waals surface area contributed by atoms with E-state index < -0.39 is 0 Å². The Morgan fingerprint density at radius 3 is 2.63 bits per heavy atom. The molecule has 35 heavy (non-hydrogen) atoms. The largest absolute Gasteiger partial charge is 0.493 e. The molecule has 1 aliphatic heterocycles. The first kappa shape index (κ1) is 25.3. The first-order valence-electron chi connectivity index (χ1n) is 10.5. The molecule has 3 aromatic rings. The van der Waals surface area contributed by atoms with E-state index in [1.54, 1.807) is 49.7 Å². The summed E-state index contributed by atoms with van der Waals surface area (Å²) in [5.74, 6) is 1.37. The number of carbonyl (C=O) groups is 2. The van der Waals surface area contributed by atoms with Crippen LogP contribution in [0.3, 0.4) is 0 Å². The van der Waals surface area contributed by atoms with Crippen LogP contribution in [0.1, 0.15) is 11.3 Å². The fraction of sp³-hybridized carbons (Fsp3) is 0.160. The smallest absolute Gasteiger partial charge is 0.293 e. The molecule has 0 saturated carbocycles. The van der Waals surface area contributed by atoms with Gasteiger partial charge in [-0.2, -0.15) is 0 Å². The predicted octanol–water partition coefficient (Wildman–Crippen LogP) is 6.04. The van der Waals surface area contributed by atoms with Crippen molar-refractivity contribution in [3.63, 3.8) is 0 Å². The van der Waals surface area contributed by atoms with Crippen molar-refractivity contribution in [3.8, 4) is 17.2 Å². The van der Waals surface area contributed by atoms with Crippen LogP contribution < -0.4 is 14.2 Å². The number of imide groups is 1. The minimum Gasteiger partial charge on any atom is -0.493 e. The van der Waals surface area contributed by atoms with Gasteiger partial charge in [0.05, 0.1) is 27.8 Å². The lowest BCUT2D eigenvalue weighted by atomic mass is 10.2. The molecule has 1 fully saturated rings. The van der Waals surface area contributed by atoms with Gasteiger partial charge in [-0.25, -0.2) is 0 Å². The van der Waals surface area contributed by atoms with Crippen LogP contribution in [0.2, 0.25) is 5.02 Å². The van der Waals surface area contributed by atoms with Crippen molar-refractivity contribution in [1.29, 1.82) is 0 Å². The first-order valence-corrected chi connectivity index (χ1v) is 12.8. The minimum absolute atomic E-state index is 0.145. The summed E-state index contributed by atoms with van der Waals surface area (Å²) >= 11 is 8.92. The summed E-state index contributed by atoms with van der Waals surface area (Å²) in [6.45, 7) is 0.621. The van der Waals surface area contributed by atoms with Gasteiger partial charge in [0.2, 0.25) is 0 Å². The van der Waals surface area contributed by atoms with Gasteiger partial charge in [0.25, 0.3) is 11.1 Å². The number of methoxy groups -OCH3 is 1. The zero-order valence-corrected chi connectivity index (χ0v) is 22.3. The maximum Gasteiger partial charge on any atom is 0.293 e. The molecular formula is C25H20ClIN2O5S. The highest BCUT2D eigenvalue weighted by Gasteiger charge is 2.35. The van der Waals surface area contributed by atoms with Crippen molar-refractivity contribution in [2.45, 2.75) is 6.61 Å². The Morgan fingerprint density at radius 2 is 1.91 bits per heavy atom. The average molecular weight is 623 g/mol. The van der Waals surface area contributed by atoms with Crippen molar-refractivity contribution >= 4 is 63.2 Å². The van der Waals surface area contributed by atoms with Crippen molar-refractivity contribution in [3.05, 3.63) is 85.5 Å². The standard InChI is InChI=1S/C25H20ClIN2O5S/c1-32-21-13-16(12-20(27)23(21)34-15-18-4-2-3-9-28-18)14-22-24(30)29(25(31)35-22)10-11-33-19-7-5-17(26)6-8-19/h2-9,12-14H,10-11,15H2,1H3/b22-14-. The van der Waals surface area contributed by atoms with E-state index in [-0.39, 0.29) is 24.3 Å². The van der Waals surface area contributed by atoms with Gasteiger partial charge >= 0.3 is 0 Å². The molecule has 10 heteroatoms. The van der Waals surface area contributed by atoms with E-state index in [1.165, 1.54) is 4.90 Å². The summed E-state index contributed by atoms with van der Waals surface area (Å²) in [6.07, 6.45) is 3.39. The normalized spacial score (nSPS) is 14.5. The number of aromatic nitrogens is 1. The third-order valence-electron chi connectivity index (χ3n) is 4.91.